The highest BCUT2D eigenvalue weighted by molar-refractivity contribution is 6.35. The summed E-state index contributed by atoms with van der Waals surface area (Å²) < 4.78 is 13.5. The topological polar surface area (TPSA) is 96.8 Å². The van der Waals surface area contributed by atoms with E-state index in [4.69, 9.17) is 11.6 Å². The van der Waals surface area contributed by atoms with Gasteiger partial charge in [-0.1, -0.05) is 44.5 Å². The lowest BCUT2D eigenvalue weighted by atomic mass is 9.96. The molecule has 0 saturated heterocycles. The average Bonchev–Trinajstić information content (AvgIpc) is 3.30. The van der Waals surface area contributed by atoms with Gasteiger partial charge in [0.1, 0.15) is 11.9 Å². The van der Waals surface area contributed by atoms with Gasteiger partial charge < -0.3 is 21.5 Å². The van der Waals surface area contributed by atoms with Crippen LogP contribution in [0.15, 0.2) is 54.5 Å². The molecule has 1 aromatic heterocycles. The summed E-state index contributed by atoms with van der Waals surface area (Å²) >= 11 is 6.61. The van der Waals surface area contributed by atoms with E-state index in [-0.39, 0.29) is 17.3 Å². The first-order chi connectivity index (χ1) is 15.7. The molecule has 0 spiro atoms. The van der Waals surface area contributed by atoms with Crippen LogP contribution in [0.25, 0.3) is 10.9 Å². The van der Waals surface area contributed by atoms with E-state index in [1.54, 1.807) is 24.4 Å². The molecule has 9 heteroatoms. The number of benzene rings is 2. The number of anilines is 2. The van der Waals surface area contributed by atoms with Crippen molar-refractivity contribution < 1.29 is 4.39 Å². The average molecular weight is 466 g/mol. The summed E-state index contributed by atoms with van der Waals surface area (Å²) in [5.74, 6) is -0.305. The van der Waals surface area contributed by atoms with Crippen molar-refractivity contribution >= 4 is 33.9 Å². The first kappa shape index (κ1) is 22.6. The number of nitrogens with one attached hydrogen (secondary N) is 5. The molecular weight excluding hydrogens is 441 g/mol. The van der Waals surface area contributed by atoms with E-state index in [2.05, 4.69) is 58.8 Å². The predicted molar refractivity (Wildman–Crippen MR) is 130 cm³/mol. The SMILES string of the molecule is CC(C)(C)CNc1c(C#N)cnc2c(Cl)cc(N[C@H](C3=CNNN3)c3ccc(F)cc3)cc12. The molecule has 4 rings (SSSR count). The Morgan fingerprint density at radius 1 is 1.21 bits per heavy atom. The summed E-state index contributed by atoms with van der Waals surface area (Å²) in [6, 6.07) is 11.9. The van der Waals surface area contributed by atoms with Gasteiger partial charge in [0, 0.05) is 30.0 Å². The molecule has 3 aromatic rings. The second-order valence-electron chi connectivity index (χ2n) is 9.05. The van der Waals surface area contributed by atoms with E-state index in [1.807, 2.05) is 6.07 Å². The molecule has 5 N–H and O–H groups in total. The second-order valence-corrected chi connectivity index (χ2v) is 9.46. The van der Waals surface area contributed by atoms with Crippen molar-refractivity contribution in [2.75, 3.05) is 17.2 Å². The molecule has 7 nitrogen and oxygen atoms in total. The van der Waals surface area contributed by atoms with E-state index in [0.717, 1.165) is 22.3 Å². The van der Waals surface area contributed by atoms with Crippen LogP contribution < -0.4 is 27.0 Å². The largest absolute Gasteiger partial charge is 0.383 e. The zero-order chi connectivity index (χ0) is 23.6. The van der Waals surface area contributed by atoms with Crippen LogP contribution >= 0.6 is 11.6 Å². The standard InChI is InChI=1S/C24H25ClFN7/c1-24(2,3)13-29-21-15(10-27)11-28-23-18(21)8-17(9-19(23)25)31-22(20-12-30-33-32-20)14-4-6-16(26)7-5-14/h4-9,11-12,22,30-33H,13H2,1-3H3,(H,28,29)/t22-/m0/s1. The Kier molecular flexibility index (Phi) is 6.27. The van der Waals surface area contributed by atoms with Gasteiger partial charge in [0.25, 0.3) is 0 Å². The third-order valence-electron chi connectivity index (χ3n) is 5.17. The fraction of sp³-hybridized carbons (Fsp3) is 0.250. The molecule has 1 aliphatic rings. The lowest BCUT2D eigenvalue weighted by molar-refractivity contribution is 0.443. The Labute approximate surface area is 197 Å². The van der Waals surface area contributed by atoms with Crippen molar-refractivity contribution in [3.05, 3.63) is 76.5 Å². The van der Waals surface area contributed by atoms with E-state index in [1.165, 1.54) is 18.3 Å². The zero-order valence-corrected chi connectivity index (χ0v) is 19.3. The van der Waals surface area contributed by atoms with Crippen LogP contribution in [0.3, 0.4) is 0 Å². The first-order valence-electron chi connectivity index (χ1n) is 10.5. The van der Waals surface area contributed by atoms with Gasteiger partial charge in [0.2, 0.25) is 0 Å². The molecule has 170 valence electrons. The number of hydrogen-bond acceptors (Lipinski definition) is 7. The number of nitriles is 1. The summed E-state index contributed by atoms with van der Waals surface area (Å²) in [6.45, 7) is 7.02. The van der Waals surface area contributed by atoms with Crippen molar-refractivity contribution in [3.8, 4) is 6.07 Å². The Bertz CT molecular complexity index is 1240. The van der Waals surface area contributed by atoms with Gasteiger partial charge in [0.05, 0.1) is 33.5 Å². The van der Waals surface area contributed by atoms with E-state index in [9.17, 15) is 9.65 Å². The van der Waals surface area contributed by atoms with Gasteiger partial charge in [-0.25, -0.2) is 4.39 Å². The number of fused-ring (bicyclic) bond motifs is 1. The van der Waals surface area contributed by atoms with Gasteiger partial charge in [-0.15, -0.1) is 0 Å². The molecule has 0 aliphatic carbocycles. The third-order valence-corrected chi connectivity index (χ3v) is 5.46. The number of hydrogen-bond donors (Lipinski definition) is 5. The molecule has 0 bridgehead atoms. The van der Waals surface area contributed by atoms with Crippen molar-refractivity contribution in [1.29, 1.82) is 5.26 Å². The fourth-order valence-electron chi connectivity index (χ4n) is 3.55. The summed E-state index contributed by atoms with van der Waals surface area (Å²) in [7, 11) is 0. The molecule has 1 aliphatic heterocycles. The molecule has 1 atom stereocenters. The van der Waals surface area contributed by atoms with Gasteiger partial charge in [-0.05, 0) is 35.2 Å². The minimum Gasteiger partial charge on any atom is -0.383 e. The molecular formula is C24H25ClFN7. The molecule has 0 radical (unpaired) electrons. The van der Waals surface area contributed by atoms with Crippen LogP contribution in [0, 0.1) is 22.6 Å². The quantitative estimate of drug-likeness (QED) is 0.351. The highest BCUT2D eigenvalue weighted by Gasteiger charge is 2.21. The number of pyridine rings is 1. The summed E-state index contributed by atoms with van der Waals surface area (Å²) in [6.07, 6.45) is 3.33. The van der Waals surface area contributed by atoms with Gasteiger partial charge >= 0.3 is 0 Å². The monoisotopic (exact) mass is 465 g/mol. The van der Waals surface area contributed by atoms with E-state index < -0.39 is 0 Å². The number of aromatic nitrogens is 1. The number of halogens is 2. The third kappa shape index (κ3) is 5.11. The van der Waals surface area contributed by atoms with Crippen molar-refractivity contribution in [1.82, 2.24) is 21.4 Å². The molecule has 33 heavy (non-hydrogen) atoms. The summed E-state index contributed by atoms with van der Waals surface area (Å²) in [4.78, 5) is 4.41. The van der Waals surface area contributed by atoms with Crippen LogP contribution in [-0.4, -0.2) is 11.5 Å². The second kappa shape index (κ2) is 9.14. The molecule has 0 unspecified atom stereocenters. The maximum absolute atomic E-state index is 13.5. The van der Waals surface area contributed by atoms with Crippen LogP contribution in [0.2, 0.25) is 5.02 Å². The van der Waals surface area contributed by atoms with E-state index >= 15 is 0 Å². The predicted octanol–water partition coefficient (Wildman–Crippen LogP) is 4.96. The van der Waals surface area contributed by atoms with Gasteiger partial charge in [0.15, 0.2) is 0 Å². The smallest absolute Gasteiger partial charge is 0.123 e. The van der Waals surface area contributed by atoms with Crippen LogP contribution in [0.1, 0.15) is 37.9 Å². The van der Waals surface area contributed by atoms with E-state index in [0.29, 0.717) is 28.3 Å². The lowest BCUT2D eigenvalue weighted by Crippen LogP contribution is -2.33. The Morgan fingerprint density at radius 2 is 1.97 bits per heavy atom. The lowest BCUT2D eigenvalue weighted by Gasteiger charge is -2.23. The molecule has 2 heterocycles. The first-order valence-corrected chi connectivity index (χ1v) is 10.9. The van der Waals surface area contributed by atoms with Crippen molar-refractivity contribution in [3.63, 3.8) is 0 Å². The normalized spacial score (nSPS) is 14.1. The maximum atomic E-state index is 13.5. The Balaban J connectivity index is 1.78. The molecule has 0 amide bonds. The minimum atomic E-state index is -0.320. The minimum absolute atomic E-state index is 0.0102. The van der Waals surface area contributed by atoms with Crippen LogP contribution in [0.4, 0.5) is 15.8 Å². The van der Waals surface area contributed by atoms with Crippen LogP contribution in [-0.2, 0) is 0 Å². The number of hydrazine groups is 2. The highest BCUT2D eigenvalue weighted by atomic mass is 35.5. The van der Waals surface area contributed by atoms with Crippen molar-refractivity contribution in [2.24, 2.45) is 5.41 Å². The Hall–Kier alpha value is -3.54. The summed E-state index contributed by atoms with van der Waals surface area (Å²) in [5, 5.41) is 17.8. The van der Waals surface area contributed by atoms with Gasteiger partial charge in [-0.3, -0.25) is 4.98 Å². The molecule has 0 fully saturated rings. The maximum Gasteiger partial charge on any atom is 0.123 e. The highest BCUT2D eigenvalue weighted by Crippen LogP contribution is 2.36. The summed E-state index contributed by atoms with van der Waals surface area (Å²) in [5.41, 5.74) is 12.9. The molecule has 2 aromatic carbocycles. The fourth-order valence-corrected chi connectivity index (χ4v) is 3.82. The number of rotatable bonds is 6. The van der Waals surface area contributed by atoms with Crippen LogP contribution in [0.5, 0.6) is 0 Å². The van der Waals surface area contributed by atoms with Gasteiger partial charge in [-0.2, -0.15) is 10.8 Å². The number of nitrogens with zero attached hydrogens (tertiary/aromatic N) is 2. The molecule has 0 saturated carbocycles. The van der Waals surface area contributed by atoms with Crippen molar-refractivity contribution in [2.45, 2.75) is 26.8 Å². The Morgan fingerprint density at radius 3 is 2.61 bits per heavy atom. The zero-order valence-electron chi connectivity index (χ0n) is 18.6.